The number of hydrogen-bond donors (Lipinski definition) is 1. The highest BCUT2D eigenvalue weighted by atomic mass is 19.1. The Labute approximate surface area is 92.7 Å². The van der Waals surface area contributed by atoms with Crippen molar-refractivity contribution < 1.29 is 9.13 Å². The number of nitrogens with two attached hydrogens (primary N) is 1. The maximum atomic E-state index is 12.9. The second kappa shape index (κ2) is 4.18. The quantitative estimate of drug-likeness (QED) is 0.843. The van der Waals surface area contributed by atoms with Gasteiger partial charge in [-0.15, -0.1) is 0 Å². The summed E-state index contributed by atoms with van der Waals surface area (Å²) < 4.78 is 18.3. The van der Waals surface area contributed by atoms with Crippen LogP contribution in [0.5, 0.6) is 11.6 Å². The van der Waals surface area contributed by atoms with Gasteiger partial charge in [-0.2, -0.15) is 0 Å². The van der Waals surface area contributed by atoms with Crippen LogP contribution in [0.4, 0.5) is 10.1 Å². The molecule has 0 fully saturated rings. The van der Waals surface area contributed by atoms with E-state index in [9.17, 15) is 4.39 Å². The highest BCUT2D eigenvalue weighted by Gasteiger charge is 2.03. The van der Waals surface area contributed by atoms with Crippen molar-refractivity contribution in [2.45, 2.75) is 6.92 Å². The largest absolute Gasteiger partial charge is 0.439 e. The summed E-state index contributed by atoms with van der Waals surface area (Å²) in [5, 5.41) is 0. The predicted molar refractivity (Wildman–Crippen MR) is 59.9 cm³/mol. The minimum atomic E-state index is -0.282. The van der Waals surface area contributed by atoms with E-state index in [1.165, 1.54) is 18.3 Å². The molecular weight excluding hydrogens is 207 g/mol. The highest BCUT2D eigenvalue weighted by molar-refractivity contribution is 5.39. The fourth-order valence-corrected chi connectivity index (χ4v) is 1.29. The molecule has 0 radical (unpaired) electrons. The van der Waals surface area contributed by atoms with E-state index < -0.39 is 0 Å². The number of nitrogen functional groups attached to an aromatic ring is 1. The standard InChI is InChI=1S/C12H11FN2O/c1-8-6-9(13)2-4-11(8)16-12-5-3-10(14)7-15-12/h2-7H,14H2,1H3. The van der Waals surface area contributed by atoms with Crippen molar-refractivity contribution in [3.8, 4) is 11.6 Å². The van der Waals surface area contributed by atoms with Crippen molar-refractivity contribution in [3.63, 3.8) is 0 Å². The summed E-state index contributed by atoms with van der Waals surface area (Å²) in [6.07, 6.45) is 1.51. The van der Waals surface area contributed by atoms with Crippen molar-refractivity contribution in [2.24, 2.45) is 0 Å². The lowest BCUT2D eigenvalue weighted by atomic mass is 10.2. The smallest absolute Gasteiger partial charge is 0.219 e. The van der Waals surface area contributed by atoms with Crippen LogP contribution in [0.1, 0.15) is 5.56 Å². The van der Waals surface area contributed by atoms with Gasteiger partial charge in [-0.1, -0.05) is 0 Å². The van der Waals surface area contributed by atoms with Crippen LogP contribution in [0, 0.1) is 12.7 Å². The van der Waals surface area contributed by atoms with Gasteiger partial charge in [0.2, 0.25) is 5.88 Å². The zero-order chi connectivity index (χ0) is 11.5. The Morgan fingerprint density at radius 1 is 1.25 bits per heavy atom. The first kappa shape index (κ1) is 10.4. The van der Waals surface area contributed by atoms with Gasteiger partial charge in [-0.3, -0.25) is 0 Å². The van der Waals surface area contributed by atoms with Crippen molar-refractivity contribution in [1.82, 2.24) is 4.98 Å². The Morgan fingerprint density at radius 2 is 2.06 bits per heavy atom. The van der Waals surface area contributed by atoms with Gasteiger partial charge in [0.05, 0.1) is 11.9 Å². The molecule has 2 N–H and O–H groups in total. The number of aromatic nitrogens is 1. The molecule has 1 heterocycles. The third kappa shape index (κ3) is 2.28. The summed E-state index contributed by atoms with van der Waals surface area (Å²) >= 11 is 0. The Kier molecular flexibility index (Phi) is 2.72. The van der Waals surface area contributed by atoms with Gasteiger partial charge in [-0.05, 0) is 36.8 Å². The monoisotopic (exact) mass is 218 g/mol. The molecule has 0 saturated carbocycles. The Hall–Kier alpha value is -2.10. The Balaban J connectivity index is 2.23. The van der Waals surface area contributed by atoms with Crippen LogP contribution in [0.3, 0.4) is 0 Å². The summed E-state index contributed by atoms with van der Waals surface area (Å²) in [4.78, 5) is 4.00. The molecule has 3 nitrogen and oxygen atoms in total. The van der Waals surface area contributed by atoms with Gasteiger partial charge in [0.15, 0.2) is 0 Å². The van der Waals surface area contributed by atoms with Crippen LogP contribution in [0.2, 0.25) is 0 Å². The maximum Gasteiger partial charge on any atom is 0.219 e. The molecule has 0 aliphatic carbocycles. The highest BCUT2D eigenvalue weighted by Crippen LogP contribution is 2.24. The van der Waals surface area contributed by atoms with Gasteiger partial charge in [-0.25, -0.2) is 9.37 Å². The average molecular weight is 218 g/mol. The van der Waals surface area contributed by atoms with Crippen molar-refractivity contribution in [3.05, 3.63) is 47.9 Å². The third-order valence-corrected chi connectivity index (χ3v) is 2.11. The summed E-state index contributed by atoms with van der Waals surface area (Å²) in [6.45, 7) is 1.77. The fourth-order valence-electron chi connectivity index (χ4n) is 1.29. The molecule has 0 saturated heterocycles. The summed E-state index contributed by atoms with van der Waals surface area (Å²) in [5.74, 6) is 0.734. The summed E-state index contributed by atoms with van der Waals surface area (Å²) in [7, 11) is 0. The molecule has 0 spiro atoms. The van der Waals surface area contributed by atoms with Gasteiger partial charge < -0.3 is 10.5 Å². The van der Waals surface area contributed by atoms with E-state index in [1.807, 2.05) is 0 Å². The lowest BCUT2D eigenvalue weighted by Gasteiger charge is -2.07. The van der Waals surface area contributed by atoms with Gasteiger partial charge in [0.25, 0.3) is 0 Å². The third-order valence-electron chi connectivity index (χ3n) is 2.11. The fraction of sp³-hybridized carbons (Fsp3) is 0.0833. The van der Waals surface area contributed by atoms with Gasteiger partial charge >= 0.3 is 0 Å². The molecule has 0 aliphatic rings. The number of halogens is 1. The van der Waals surface area contributed by atoms with E-state index in [2.05, 4.69) is 4.98 Å². The first-order chi connectivity index (χ1) is 7.65. The van der Waals surface area contributed by atoms with E-state index in [4.69, 9.17) is 10.5 Å². The zero-order valence-corrected chi connectivity index (χ0v) is 8.77. The number of aryl methyl sites for hydroxylation is 1. The molecule has 82 valence electrons. The number of nitrogens with zero attached hydrogens (tertiary/aromatic N) is 1. The SMILES string of the molecule is Cc1cc(F)ccc1Oc1ccc(N)cn1. The Bertz CT molecular complexity index is 497. The molecule has 4 heteroatoms. The van der Waals surface area contributed by atoms with Crippen LogP contribution in [-0.4, -0.2) is 4.98 Å². The van der Waals surface area contributed by atoms with Crippen molar-refractivity contribution in [1.29, 1.82) is 0 Å². The topological polar surface area (TPSA) is 48.1 Å². The first-order valence-electron chi connectivity index (χ1n) is 4.81. The molecule has 0 bridgehead atoms. The van der Waals surface area contributed by atoms with Gasteiger partial charge in [0, 0.05) is 6.07 Å². The average Bonchev–Trinajstić information content (AvgIpc) is 2.25. The molecule has 2 aromatic rings. The second-order valence-electron chi connectivity index (χ2n) is 3.44. The molecular formula is C12H11FN2O. The molecule has 0 amide bonds. The lowest BCUT2D eigenvalue weighted by Crippen LogP contribution is -1.92. The van der Waals surface area contributed by atoms with Crippen LogP contribution < -0.4 is 10.5 Å². The minimum absolute atomic E-state index is 0.282. The van der Waals surface area contributed by atoms with Crippen LogP contribution in [0.25, 0.3) is 0 Å². The first-order valence-corrected chi connectivity index (χ1v) is 4.81. The molecule has 1 aromatic carbocycles. The van der Waals surface area contributed by atoms with E-state index >= 15 is 0 Å². The predicted octanol–water partition coefficient (Wildman–Crippen LogP) is 2.90. The number of ether oxygens (including phenoxy) is 1. The lowest BCUT2D eigenvalue weighted by molar-refractivity contribution is 0.458. The number of anilines is 1. The number of hydrogen-bond acceptors (Lipinski definition) is 3. The summed E-state index contributed by atoms with van der Waals surface area (Å²) in [6, 6.07) is 7.69. The molecule has 1 aromatic heterocycles. The van der Waals surface area contributed by atoms with Gasteiger partial charge in [0.1, 0.15) is 11.6 Å². The van der Waals surface area contributed by atoms with E-state index in [1.54, 1.807) is 25.1 Å². The molecule has 0 aliphatic heterocycles. The van der Waals surface area contributed by atoms with Crippen LogP contribution in [0.15, 0.2) is 36.5 Å². The number of benzene rings is 1. The normalized spacial score (nSPS) is 10.1. The van der Waals surface area contributed by atoms with E-state index in [0.717, 1.165) is 5.56 Å². The summed E-state index contributed by atoms with van der Waals surface area (Å²) in [5.41, 5.74) is 6.80. The van der Waals surface area contributed by atoms with Crippen molar-refractivity contribution in [2.75, 3.05) is 5.73 Å². The number of rotatable bonds is 2. The molecule has 2 rings (SSSR count). The molecule has 16 heavy (non-hydrogen) atoms. The van der Waals surface area contributed by atoms with E-state index in [-0.39, 0.29) is 5.82 Å². The zero-order valence-electron chi connectivity index (χ0n) is 8.77. The number of pyridine rings is 1. The second-order valence-corrected chi connectivity index (χ2v) is 3.44. The Morgan fingerprint density at radius 3 is 2.69 bits per heavy atom. The minimum Gasteiger partial charge on any atom is -0.439 e. The van der Waals surface area contributed by atoms with Crippen LogP contribution in [-0.2, 0) is 0 Å². The maximum absolute atomic E-state index is 12.9. The van der Waals surface area contributed by atoms with Crippen molar-refractivity contribution >= 4 is 5.69 Å². The van der Waals surface area contributed by atoms with E-state index in [0.29, 0.717) is 17.3 Å². The molecule has 0 atom stereocenters. The van der Waals surface area contributed by atoms with Crippen LogP contribution >= 0.6 is 0 Å². The molecule has 0 unspecified atom stereocenters.